The molecule has 0 aromatic carbocycles. The third-order valence-corrected chi connectivity index (χ3v) is 2.17. The largest absolute Gasteiger partial charge is 0.411 e. The molecule has 96 valence electrons. The quantitative estimate of drug-likeness (QED) is 0.310. The average molecular weight is 236 g/mol. The molecule has 0 N–H and O–H groups in total. The second-order valence-electron chi connectivity index (χ2n) is 3.34. The van der Waals surface area contributed by atoms with E-state index in [1.54, 1.807) is 0 Å². The molecule has 0 saturated carbocycles. The molecule has 1 heterocycles. The standard InChI is InChI=1S/C10H20O6/c1-11-10(12-2,13-3)16-6-4-5-14-7-9-8-15-9/h9H,4-8H2,1-3H3. The Morgan fingerprint density at radius 3 is 2.25 bits per heavy atom. The fraction of sp³-hybridized carbons (Fsp3) is 1.00. The Labute approximate surface area is 95.7 Å². The first-order chi connectivity index (χ1) is 7.76. The van der Waals surface area contributed by atoms with E-state index in [4.69, 9.17) is 28.4 Å². The van der Waals surface area contributed by atoms with E-state index in [9.17, 15) is 0 Å². The minimum atomic E-state index is -1.40. The van der Waals surface area contributed by atoms with E-state index in [1.807, 2.05) is 0 Å². The Balaban J connectivity index is 1.98. The Bertz CT molecular complexity index is 170. The molecule has 0 amide bonds. The molecule has 1 atom stereocenters. The molecule has 1 rings (SSSR count). The molecular weight excluding hydrogens is 216 g/mol. The Morgan fingerprint density at radius 1 is 1.12 bits per heavy atom. The van der Waals surface area contributed by atoms with Gasteiger partial charge in [0.25, 0.3) is 0 Å². The highest BCUT2D eigenvalue weighted by Gasteiger charge is 2.31. The van der Waals surface area contributed by atoms with Gasteiger partial charge in [0.1, 0.15) is 6.10 Å². The number of rotatable bonds is 10. The van der Waals surface area contributed by atoms with Crippen LogP contribution >= 0.6 is 0 Å². The van der Waals surface area contributed by atoms with Crippen LogP contribution in [-0.4, -0.2) is 60.0 Å². The molecule has 1 saturated heterocycles. The van der Waals surface area contributed by atoms with Crippen molar-refractivity contribution >= 4 is 0 Å². The second-order valence-corrected chi connectivity index (χ2v) is 3.34. The monoisotopic (exact) mass is 236 g/mol. The molecule has 1 unspecified atom stereocenters. The van der Waals surface area contributed by atoms with E-state index >= 15 is 0 Å². The van der Waals surface area contributed by atoms with Crippen molar-refractivity contribution in [2.45, 2.75) is 18.7 Å². The van der Waals surface area contributed by atoms with Crippen molar-refractivity contribution in [3.8, 4) is 0 Å². The summed E-state index contributed by atoms with van der Waals surface area (Å²) in [5, 5.41) is 0. The van der Waals surface area contributed by atoms with Crippen molar-refractivity contribution in [2.24, 2.45) is 0 Å². The van der Waals surface area contributed by atoms with Crippen LogP contribution in [0.15, 0.2) is 0 Å². The summed E-state index contributed by atoms with van der Waals surface area (Å²) in [6.07, 6.45) is -0.360. The summed E-state index contributed by atoms with van der Waals surface area (Å²) in [5.41, 5.74) is 0. The highest BCUT2D eigenvalue weighted by molar-refractivity contribution is 4.66. The van der Waals surface area contributed by atoms with Crippen molar-refractivity contribution < 1.29 is 28.4 Å². The molecule has 0 aromatic heterocycles. The average Bonchev–Trinajstić information content (AvgIpc) is 3.13. The zero-order valence-corrected chi connectivity index (χ0v) is 10.1. The van der Waals surface area contributed by atoms with E-state index in [0.29, 0.717) is 25.9 Å². The molecule has 1 aliphatic heterocycles. The fourth-order valence-corrected chi connectivity index (χ4v) is 1.16. The molecule has 6 nitrogen and oxygen atoms in total. The molecule has 16 heavy (non-hydrogen) atoms. The molecule has 6 heteroatoms. The maximum Gasteiger partial charge on any atom is 0.411 e. The van der Waals surface area contributed by atoms with E-state index in [-0.39, 0.29) is 0 Å². The Kier molecular flexibility index (Phi) is 6.18. The first kappa shape index (κ1) is 13.8. The van der Waals surface area contributed by atoms with E-state index in [1.165, 1.54) is 21.3 Å². The van der Waals surface area contributed by atoms with Crippen molar-refractivity contribution in [2.75, 3.05) is 47.8 Å². The number of methoxy groups -OCH3 is 3. The lowest BCUT2D eigenvalue weighted by molar-refractivity contribution is -0.479. The van der Waals surface area contributed by atoms with Crippen molar-refractivity contribution in [3.05, 3.63) is 0 Å². The first-order valence-corrected chi connectivity index (χ1v) is 5.25. The van der Waals surface area contributed by atoms with Gasteiger partial charge in [0.15, 0.2) is 0 Å². The number of ether oxygens (including phenoxy) is 6. The van der Waals surface area contributed by atoms with E-state index in [2.05, 4.69) is 0 Å². The van der Waals surface area contributed by atoms with Crippen LogP contribution in [0.4, 0.5) is 0 Å². The molecule has 0 aromatic rings. The van der Waals surface area contributed by atoms with Crippen LogP contribution in [0.2, 0.25) is 0 Å². The minimum absolute atomic E-state index is 0.303. The predicted octanol–water partition coefficient (Wildman–Crippen LogP) is 0.359. The number of epoxide rings is 1. The van der Waals surface area contributed by atoms with Crippen LogP contribution in [0.5, 0.6) is 0 Å². The van der Waals surface area contributed by atoms with Crippen molar-refractivity contribution in [3.63, 3.8) is 0 Å². The summed E-state index contributed by atoms with van der Waals surface area (Å²) in [6, 6.07) is 0. The predicted molar refractivity (Wildman–Crippen MR) is 54.9 cm³/mol. The van der Waals surface area contributed by atoms with Gasteiger partial charge < -0.3 is 28.4 Å². The van der Waals surface area contributed by atoms with Gasteiger partial charge in [-0.25, -0.2) is 0 Å². The van der Waals surface area contributed by atoms with Crippen molar-refractivity contribution in [1.82, 2.24) is 0 Å². The number of hydrogen-bond acceptors (Lipinski definition) is 6. The zero-order chi connectivity index (χ0) is 11.9. The lowest BCUT2D eigenvalue weighted by Gasteiger charge is -2.27. The maximum absolute atomic E-state index is 5.35. The lowest BCUT2D eigenvalue weighted by atomic mass is 10.5. The van der Waals surface area contributed by atoms with E-state index < -0.39 is 6.16 Å². The van der Waals surface area contributed by atoms with Gasteiger partial charge in [0, 0.05) is 27.9 Å². The molecule has 0 radical (unpaired) electrons. The van der Waals surface area contributed by atoms with Crippen molar-refractivity contribution in [1.29, 1.82) is 0 Å². The smallest absolute Gasteiger partial charge is 0.379 e. The van der Waals surface area contributed by atoms with Crippen LogP contribution in [0.3, 0.4) is 0 Å². The third kappa shape index (κ3) is 4.73. The Hall–Kier alpha value is -0.240. The summed E-state index contributed by atoms with van der Waals surface area (Å²) in [5.74, 6) is 0. The number of hydrogen-bond donors (Lipinski definition) is 0. The zero-order valence-electron chi connectivity index (χ0n) is 10.1. The summed E-state index contributed by atoms with van der Waals surface area (Å²) in [7, 11) is 4.36. The summed E-state index contributed by atoms with van der Waals surface area (Å²) >= 11 is 0. The lowest BCUT2D eigenvalue weighted by Crippen LogP contribution is -2.39. The van der Waals surface area contributed by atoms with Gasteiger partial charge in [-0.2, -0.15) is 0 Å². The minimum Gasteiger partial charge on any atom is -0.379 e. The molecule has 0 bridgehead atoms. The maximum atomic E-state index is 5.35. The summed E-state index contributed by atoms with van der Waals surface area (Å²) < 4.78 is 30.6. The molecular formula is C10H20O6. The van der Waals surface area contributed by atoms with Gasteiger partial charge >= 0.3 is 6.16 Å². The molecule has 0 aliphatic carbocycles. The van der Waals surface area contributed by atoms with Gasteiger partial charge in [-0.05, 0) is 6.42 Å². The third-order valence-electron chi connectivity index (χ3n) is 2.17. The highest BCUT2D eigenvalue weighted by atomic mass is 17.0. The Morgan fingerprint density at radius 2 is 1.75 bits per heavy atom. The summed E-state index contributed by atoms with van der Waals surface area (Å²) in [4.78, 5) is 0. The SMILES string of the molecule is COC(OC)(OC)OCCCOCC1CO1. The first-order valence-electron chi connectivity index (χ1n) is 5.25. The van der Waals surface area contributed by atoms with Crippen LogP contribution in [0.1, 0.15) is 6.42 Å². The molecule has 1 fully saturated rings. The normalized spacial score (nSPS) is 20.1. The summed E-state index contributed by atoms with van der Waals surface area (Å²) in [6.45, 7) is 2.52. The van der Waals surface area contributed by atoms with Crippen LogP contribution in [0, 0.1) is 0 Å². The fourth-order valence-electron chi connectivity index (χ4n) is 1.16. The van der Waals surface area contributed by atoms with Crippen LogP contribution < -0.4 is 0 Å². The second kappa shape index (κ2) is 7.16. The van der Waals surface area contributed by atoms with Gasteiger partial charge in [0.2, 0.25) is 0 Å². The topological polar surface area (TPSA) is 58.7 Å². The van der Waals surface area contributed by atoms with Crippen LogP contribution in [-0.2, 0) is 28.4 Å². The van der Waals surface area contributed by atoms with Gasteiger partial charge in [-0.15, -0.1) is 0 Å². The molecule has 1 aliphatic rings. The van der Waals surface area contributed by atoms with Gasteiger partial charge in [-0.1, -0.05) is 0 Å². The van der Waals surface area contributed by atoms with Gasteiger partial charge in [-0.3, -0.25) is 0 Å². The molecule has 0 spiro atoms. The van der Waals surface area contributed by atoms with Crippen LogP contribution in [0.25, 0.3) is 0 Å². The van der Waals surface area contributed by atoms with E-state index in [0.717, 1.165) is 13.0 Å². The van der Waals surface area contributed by atoms with Gasteiger partial charge in [0.05, 0.1) is 19.8 Å². The highest BCUT2D eigenvalue weighted by Crippen LogP contribution is 2.14.